The van der Waals surface area contributed by atoms with E-state index in [0.717, 1.165) is 16.5 Å². The maximum Gasteiger partial charge on any atom is 0.333 e. The first-order chi connectivity index (χ1) is 21.4. The molecule has 0 saturated carbocycles. The molecule has 0 spiro atoms. The molecule has 236 valence electrons. The Morgan fingerprint density at radius 3 is 1.64 bits per heavy atom. The first-order valence-corrected chi connectivity index (χ1v) is 14.3. The molecule has 10 nitrogen and oxygen atoms in total. The zero-order valence-electron chi connectivity index (χ0n) is 25.3. The summed E-state index contributed by atoms with van der Waals surface area (Å²) in [7, 11) is 0. The Morgan fingerprint density at radius 1 is 0.545 bits per heavy atom. The van der Waals surface area contributed by atoms with E-state index < -0.39 is 11.9 Å². The number of ether oxygens (including phenoxy) is 8. The van der Waals surface area contributed by atoms with Crippen LogP contribution in [0.15, 0.2) is 85.0 Å². The molecule has 0 saturated heterocycles. The number of esters is 2. The standard InChI is InChI=1S/C34H40O10/c1-25(2)33(35)43-20-16-37-14-18-40-30-24-31(41-23-22-39-27-10-6-5-7-11-27)32(29-13-9-8-12-28(29)30)42-19-15-38-17-21-44-34(36)26(3)4/h5-13,24H,1,3,14-23H2,2,4H3. The van der Waals surface area contributed by atoms with E-state index in [2.05, 4.69) is 13.2 Å². The summed E-state index contributed by atoms with van der Waals surface area (Å²) < 4.78 is 45.3. The monoisotopic (exact) mass is 608 g/mol. The van der Waals surface area contributed by atoms with Gasteiger partial charge in [-0.1, -0.05) is 55.6 Å². The van der Waals surface area contributed by atoms with Crippen molar-refractivity contribution in [2.24, 2.45) is 0 Å². The second kappa shape index (κ2) is 18.9. The molecule has 0 heterocycles. The lowest BCUT2D eigenvalue weighted by molar-refractivity contribution is -0.141. The fourth-order valence-corrected chi connectivity index (χ4v) is 3.74. The Morgan fingerprint density at radius 2 is 1.02 bits per heavy atom. The number of carbonyl (C=O) groups is 2. The minimum Gasteiger partial charge on any atom is -0.490 e. The van der Waals surface area contributed by atoms with Gasteiger partial charge in [-0.05, 0) is 26.0 Å². The predicted molar refractivity (Wildman–Crippen MR) is 166 cm³/mol. The molecule has 0 amide bonds. The molecule has 0 aromatic heterocycles. The van der Waals surface area contributed by atoms with Gasteiger partial charge in [-0.15, -0.1) is 0 Å². The molecular formula is C34H40O10. The van der Waals surface area contributed by atoms with Gasteiger partial charge in [-0.2, -0.15) is 0 Å². The van der Waals surface area contributed by atoms with E-state index in [1.54, 1.807) is 19.9 Å². The maximum atomic E-state index is 11.5. The largest absolute Gasteiger partial charge is 0.490 e. The zero-order valence-corrected chi connectivity index (χ0v) is 25.3. The highest BCUT2D eigenvalue weighted by atomic mass is 16.6. The van der Waals surface area contributed by atoms with Crippen molar-refractivity contribution in [3.05, 3.63) is 85.0 Å². The molecule has 3 aromatic rings. The molecule has 0 aliphatic heterocycles. The quantitative estimate of drug-likeness (QED) is 0.0895. The van der Waals surface area contributed by atoms with Crippen LogP contribution in [0.3, 0.4) is 0 Å². The summed E-state index contributed by atoms with van der Waals surface area (Å²) in [4.78, 5) is 23.0. The SMILES string of the molecule is C=C(C)C(=O)OCCOCCOc1cc(OCCOc2ccccc2)c(OCCOCCOC(=O)C(=C)C)c2ccccc12. The first kappa shape index (κ1) is 34.0. The molecule has 0 unspecified atom stereocenters. The Labute approximate surface area is 258 Å². The summed E-state index contributed by atoms with van der Waals surface area (Å²) >= 11 is 0. The average molecular weight is 609 g/mol. The average Bonchev–Trinajstić information content (AvgIpc) is 3.03. The minimum atomic E-state index is -0.452. The summed E-state index contributed by atoms with van der Waals surface area (Å²) in [6.45, 7) is 12.7. The summed E-state index contributed by atoms with van der Waals surface area (Å²) in [5, 5.41) is 1.63. The minimum absolute atomic E-state index is 0.125. The highest BCUT2D eigenvalue weighted by Crippen LogP contribution is 2.41. The van der Waals surface area contributed by atoms with Gasteiger partial charge in [-0.3, -0.25) is 0 Å². The number of carbonyl (C=O) groups excluding carboxylic acids is 2. The van der Waals surface area contributed by atoms with Crippen molar-refractivity contribution in [1.29, 1.82) is 0 Å². The highest BCUT2D eigenvalue weighted by molar-refractivity contribution is 5.95. The Bertz CT molecular complexity index is 1370. The van der Waals surface area contributed by atoms with E-state index in [4.69, 9.17) is 37.9 Å². The van der Waals surface area contributed by atoms with Crippen molar-refractivity contribution in [2.45, 2.75) is 13.8 Å². The van der Waals surface area contributed by atoms with Crippen molar-refractivity contribution in [1.82, 2.24) is 0 Å². The van der Waals surface area contributed by atoms with Gasteiger partial charge in [-0.25, -0.2) is 9.59 Å². The van der Waals surface area contributed by atoms with E-state index in [0.29, 0.717) is 35.0 Å². The van der Waals surface area contributed by atoms with Gasteiger partial charge < -0.3 is 37.9 Å². The lowest BCUT2D eigenvalue weighted by Gasteiger charge is -2.18. The second-order valence-electron chi connectivity index (χ2n) is 9.51. The fraction of sp³-hybridized carbons (Fsp3) is 0.353. The normalized spacial score (nSPS) is 10.6. The maximum absolute atomic E-state index is 11.5. The smallest absolute Gasteiger partial charge is 0.333 e. The molecule has 0 radical (unpaired) electrons. The van der Waals surface area contributed by atoms with Gasteiger partial charge >= 0.3 is 11.9 Å². The van der Waals surface area contributed by atoms with Crippen LogP contribution in [0, 0.1) is 0 Å². The van der Waals surface area contributed by atoms with Crippen LogP contribution in [0.1, 0.15) is 13.8 Å². The fourth-order valence-electron chi connectivity index (χ4n) is 3.74. The van der Waals surface area contributed by atoms with E-state index in [9.17, 15) is 9.59 Å². The number of rotatable bonds is 21. The van der Waals surface area contributed by atoms with Gasteiger partial charge in [0.05, 0.1) is 26.4 Å². The molecule has 0 bridgehead atoms. The van der Waals surface area contributed by atoms with Gasteiger partial charge in [0.1, 0.15) is 51.1 Å². The summed E-state index contributed by atoms with van der Waals surface area (Å²) in [5.74, 6) is 1.47. The predicted octanol–water partition coefficient (Wildman–Crippen LogP) is 5.33. The van der Waals surface area contributed by atoms with Crippen molar-refractivity contribution < 1.29 is 47.5 Å². The van der Waals surface area contributed by atoms with E-state index in [-0.39, 0.29) is 59.5 Å². The Kier molecular flexibility index (Phi) is 14.6. The number of fused-ring (bicyclic) bond motifs is 1. The number of hydrogen-bond acceptors (Lipinski definition) is 10. The molecule has 0 N–H and O–H groups in total. The van der Waals surface area contributed by atoms with Crippen LogP contribution in [-0.2, 0) is 28.5 Å². The molecule has 3 aromatic carbocycles. The Hall–Kier alpha value is -4.54. The van der Waals surface area contributed by atoms with Gasteiger partial charge in [0.2, 0.25) is 0 Å². The number of para-hydroxylation sites is 1. The van der Waals surface area contributed by atoms with Gasteiger partial charge in [0.15, 0.2) is 11.5 Å². The van der Waals surface area contributed by atoms with Crippen molar-refractivity contribution in [2.75, 3.05) is 66.1 Å². The van der Waals surface area contributed by atoms with E-state index >= 15 is 0 Å². The molecule has 0 aliphatic carbocycles. The van der Waals surface area contributed by atoms with Crippen LogP contribution >= 0.6 is 0 Å². The number of hydrogen-bond donors (Lipinski definition) is 0. The first-order valence-electron chi connectivity index (χ1n) is 14.3. The summed E-state index contributed by atoms with van der Waals surface area (Å²) in [6.07, 6.45) is 0. The van der Waals surface area contributed by atoms with Gasteiger partial charge in [0.25, 0.3) is 0 Å². The van der Waals surface area contributed by atoms with Crippen LogP contribution in [0.2, 0.25) is 0 Å². The molecule has 0 aliphatic rings. The lowest BCUT2D eigenvalue weighted by atomic mass is 10.1. The van der Waals surface area contributed by atoms with Crippen LogP contribution in [-0.4, -0.2) is 78.0 Å². The van der Waals surface area contributed by atoms with E-state index in [1.165, 1.54) is 0 Å². The Balaban J connectivity index is 1.62. The van der Waals surface area contributed by atoms with E-state index in [1.807, 2.05) is 54.6 Å². The molecule has 10 heteroatoms. The van der Waals surface area contributed by atoms with Gasteiger partial charge in [0, 0.05) is 28.0 Å². The molecule has 44 heavy (non-hydrogen) atoms. The van der Waals surface area contributed by atoms with Crippen LogP contribution in [0.5, 0.6) is 23.0 Å². The lowest BCUT2D eigenvalue weighted by Crippen LogP contribution is -2.15. The summed E-state index contributed by atoms with van der Waals surface area (Å²) in [5.41, 5.74) is 0.676. The molecule has 3 rings (SSSR count). The number of benzene rings is 3. The van der Waals surface area contributed by atoms with Crippen LogP contribution < -0.4 is 18.9 Å². The molecule has 0 atom stereocenters. The van der Waals surface area contributed by atoms with Crippen molar-refractivity contribution in [3.63, 3.8) is 0 Å². The van der Waals surface area contributed by atoms with Crippen LogP contribution in [0.25, 0.3) is 10.8 Å². The highest BCUT2D eigenvalue weighted by Gasteiger charge is 2.16. The van der Waals surface area contributed by atoms with Crippen molar-refractivity contribution >= 4 is 22.7 Å². The third-order valence-electron chi connectivity index (χ3n) is 5.85. The third-order valence-corrected chi connectivity index (χ3v) is 5.85. The molecule has 0 fully saturated rings. The topological polar surface area (TPSA) is 108 Å². The second-order valence-corrected chi connectivity index (χ2v) is 9.51. The zero-order chi connectivity index (χ0) is 31.6. The van der Waals surface area contributed by atoms with Crippen LogP contribution in [0.4, 0.5) is 0 Å². The summed E-state index contributed by atoms with van der Waals surface area (Å²) in [6, 6.07) is 18.9. The molecular weight excluding hydrogens is 568 g/mol. The van der Waals surface area contributed by atoms with Crippen molar-refractivity contribution in [3.8, 4) is 23.0 Å². The third kappa shape index (κ3) is 11.6.